The van der Waals surface area contributed by atoms with Crippen molar-refractivity contribution in [2.24, 2.45) is 0 Å². The maximum Gasteiger partial charge on any atom is 0.416 e. The zero-order chi connectivity index (χ0) is 17.7. The summed E-state index contributed by atoms with van der Waals surface area (Å²) < 4.78 is 40.1. The minimum absolute atomic E-state index is 0.106. The molecule has 130 valence electrons. The lowest BCUT2D eigenvalue weighted by Crippen LogP contribution is -2.29. The number of nitrogens with zero attached hydrogens (tertiary/aromatic N) is 2. The smallest absolute Gasteiger partial charge is 0.396 e. The highest BCUT2D eigenvalue weighted by Crippen LogP contribution is 2.31. The summed E-state index contributed by atoms with van der Waals surface area (Å²) in [4.78, 5) is 12.2. The SMILES string of the molecule is CCn1cc(C(=O)N[C@H](CCO)c2cccc(C(F)(F)F)c2)cn1. The maximum atomic E-state index is 12.8. The van der Waals surface area contributed by atoms with Crippen LogP contribution in [-0.4, -0.2) is 27.4 Å². The van der Waals surface area contributed by atoms with Gasteiger partial charge in [0.25, 0.3) is 5.91 Å². The molecule has 0 saturated carbocycles. The number of nitrogens with one attached hydrogen (secondary N) is 1. The minimum atomic E-state index is -4.47. The van der Waals surface area contributed by atoms with Crippen molar-refractivity contribution in [3.8, 4) is 0 Å². The molecule has 2 aromatic rings. The Morgan fingerprint density at radius 1 is 1.42 bits per heavy atom. The van der Waals surface area contributed by atoms with Crippen LogP contribution >= 0.6 is 0 Å². The fourth-order valence-electron chi connectivity index (χ4n) is 2.28. The van der Waals surface area contributed by atoms with E-state index in [2.05, 4.69) is 10.4 Å². The number of amides is 1. The Balaban J connectivity index is 2.21. The third kappa shape index (κ3) is 4.35. The van der Waals surface area contributed by atoms with E-state index in [0.29, 0.717) is 12.1 Å². The van der Waals surface area contributed by atoms with Crippen LogP contribution in [-0.2, 0) is 12.7 Å². The van der Waals surface area contributed by atoms with Crippen LogP contribution in [0.3, 0.4) is 0 Å². The van der Waals surface area contributed by atoms with E-state index < -0.39 is 23.7 Å². The number of halogens is 3. The van der Waals surface area contributed by atoms with Crippen LogP contribution in [0.5, 0.6) is 0 Å². The molecule has 5 nitrogen and oxygen atoms in total. The fraction of sp³-hybridized carbons (Fsp3) is 0.375. The molecule has 1 amide bonds. The van der Waals surface area contributed by atoms with Gasteiger partial charge in [-0.3, -0.25) is 9.48 Å². The Kier molecular flexibility index (Phi) is 5.61. The van der Waals surface area contributed by atoms with Gasteiger partial charge >= 0.3 is 6.18 Å². The van der Waals surface area contributed by atoms with Crippen molar-refractivity contribution in [2.45, 2.75) is 32.1 Å². The predicted molar refractivity (Wildman–Crippen MR) is 81.3 cm³/mol. The Morgan fingerprint density at radius 2 is 2.17 bits per heavy atom. The predicted octanol–water partition coefficient (Wildman–Crippen LogP) is 2.78. The fourth-order valence-corrected chi connectivity index (χ4v) is 2.28. The van der Waals surface area contributed by atoms with E-state index in [1.54, 1.807) is 10.9 Å². The lowest BCUT2D eigenvalue weighted by atomic mass is 10.0. The van der Waals surface area contributed by atoms with Gasteiger partial charge in [-0.25, -0.2) is 0 Å². The molecule has 0 aliphatic carbocycles. The van der Waals surface area contributed by atoms with Gasteiger partial charge in [-0.2, -0.15) is 18.3 Å². The summed E-state index contributed by atoms with van der Waals surface area (Å²) in [6, 6.07) is 3.99. The summed E-state index contributed by atoms with van der Waals surface area (Å²) >= 11 is 0. The number of carbonyl (C=O) groups excluding carboxylic acids is 1. The molecule has 8 heteroatoms. The van der Waals surface area contributed by atoms with E-state index >= 15 is 0 Å². The molecule has 24 heavy (non-hydrogen) atoms. The number of alkyl halides is 3. The Hall–Kier alpha value is -2.35. The first-order valence-electron chi connectivity index (χ1n) is 7.46. The van der Waals surface area contributed by atoms with Gasteiger partial charge in [-0.05, 0) is 31.0 Å². The van der Waals surface area contributed by atoms with Crippen molar-refractivity contribution in [2.75, 3.05) is 6.61 Å². The van der Waals surface area contributed by atoms with Crippen molar-refractivity contribution in [1.29, 1.82) is 0 Å². The van der Waals surface area contributed by atoms with Crippen LogP contribution in [0.15, 0.2) is 36.7 Å². The first kappa shape index (κ1) is 18.0. The van der Waals surface area contributed by atoms with Gasteiger partial charge in [0.1, 0.15) is 0 Å². The summed E-state index contributed by atoms with van der Waals surface area (Å²) in [5, 5.41) is 15.8. The highest BCUT2D eigenvalue weighted by atomic mass is 19.4. The zero-order valence-electron chi connectivity index (χ0n) is 13.0. The Labute approximate surface area is 137 Å². The maximum absolute atomic E-state index is 12.8. The number of aliphatic hydroxyl groups excluding tert-OH is 1. The van der Waals surface area contributed by atoms with Crippen LogP contribution in [0.25, 0.3) is 0 Å². The van der Waals surface area contributed by atoms with E-state index in [9.17, 15) is 18.0 Å². The van der Waals surface area contributed by atoms with Crippen LogP contribution in [0.1, 0.15) is 40.9 Å². The van der Waals surface area contributed by atoms with Crippen LogP contribution in [0.4, 0.5) is 13.2 Å². The second kappa shape index (κ2) is 7.48. The van der Waals surface area contributed by atoms with Gasteiger partial charge < -0.3 is 10.4 Å². The summed E-state index contributed by atoms with van der Waals surface area (Å²) in [7, 11) is 0. The molecule has 0 unspecified atom stereocenters. The monoisotopic (exact) mass is 341 g/mol. The number of benzene rings is 1. The molecule has 1 aromatic heterocycles. The van der Waals surface area contributed by atoms with Crippen LogP contribution < -0.4 is 5.32 Å². The number of rotatable bonds is 6. The normalized spacial score (nSPS) is 12.9. The largest absolute Gasteiger partial charge is 0.416 e. The number of carbonyl (C=O) groups is 1. The molecular formula is C16H18F3N3O2. The third-order valence-electron chi connectivity index (χ3n) is 3.56. The molecule has 2 N–H and O–H groups in total. The van der Waals surface area contributed by atoms with Crippen molar-refractivity contribution in [1.82, 2.24) is 15.1 Å². The average molecular weight is 341 g/mol. The second-order valence-corrected chi connectivity index (χ2v) is 5.25. The van der Waals surface area contributed by atoms with Gasteiger partial charge in [-0.15, -0.1) is 0 Å². The Morgan fingerprint density at radius 3 is 2.75 bits per heavy atom. The lowest BCUT2D eigenvalue weighted by molar-refractivity contribution is -0.137. The molecule has 2 rings (SSSR count). The lowest BCUT2D eigenvalue weighted by Gasteiger charge is -2.19. The second-order valence-electron chi connectivity index (χ2n) is 5.25. The summed E-state index contributed by atoms with van der Waals surface area (Å²) in [6.45, 7) is 2.20. The van der Waals surface area contributed by atoms with Gasteiger partial charge in [-0.1, -0.05) is 12.1 Å². The van der Waals surface area contributed by atoms with E-state index in [-0.39, 0.29) is 18.6 Å². The summed E-state index contributed by atoms with van der Waals surface area (Å²) in [5.41, 5.74) is -0.196. The number of aliphatic hydroxyl groups is 1. The first-order chi connectivity index (χ1) is 11.3. The molecule has 1 aromatic carbocycles. The highest BCUT2D eigenvalue weighted by molar-refractivity contribution is 5.93. The van der Waals surface area contributed by atoms with Crippen molar-refractivity contribution in [3.05, 3.63) is 53.3 Å². The zero-order valence-corrected chi connectivity index (χ0v) is 13.0. The van der Waals surface area contributed by atoms with E-state index in [4.69, 9.17) is 5.11 Å². The standard InChI is InChI=1S/C16H18F3N3O2/c1-2-22-10-12(9-20-22)15(24)21-14(6-7-23)11-4-3-5-13(8-11)16(17,18)19/h3-5,8-10,14,23H,2,6-7H2,1H3,(H,21,24)/t14-/m1/s1. The van der Waals surface area contributed by atoms with Crippen LogP contribution in [0.2, 0.25) is 0 Å². The number of hydrogen-bond donors (Lipinski definition) is 2. The summed E-state index contributed by atoms with van der Waals surface area (Å²) in [6.07, 6.45) is -1.42. The molecule has 0 bridgehead atoms. The van der Waals surface area contributed by atoms with Gasteiger partial charge in [0.2, 0.25) is 0 Å². The van der Waals surface area contributed by atoms with Gasteiger partial charge in [0.15, 0.2) is 0 Å². The van der Waals surface area contributed by atoms with E-state index in [0.717, 1.165) is 12.1 Å². The molecule has 0 radical (unpaired) electrons. The van der Waals surface area contributed by atoms with Gasteiger partial charge in [0, 0.05) is 19.3 Å². The van der Waals surface area contributed by atoms with Crippen molar-refractivity contribution in [3.63, 3.8) is 0 Å². The summed E-state index contributed by atoms with van der Waals surface area (Å²) in [5.74, 6) is -0.453. The van der Waals surface area contributed by atoms with Crippen molar-refractivity contribution >= 4 is 5.91 Å². The van der Waals surface area contributed by atoms with E-state index in [1.807, 2.05) is 6.92 Å². The quantitative estimate of drug-likeness (QED) is 0.849. The third-order valence-corrected chi connectivity index (χ3v) is 3.56. The molecule has 0 fully saturated rings. The average Bonchev–Trinajstić information content (AvgIpc) is 3.03. The Bertz CT molecular complexity index is 698. The molecule has 0 spiro atoms. The first-order valence-corrected chi connectivity index (χ1v) is 7.46. The highest BCUT2D eigenvalue weighted by Gasteiger charge is 2.31. The van der Waals surface area contributed by atoms with Gasteiger partial charge in [0.05, 0.1) is 23.4 Å². The number of aromatic nitrogens is 2. The molecule has 0 aliphatic heterocycles. The molecule has 1 heterocycles. The molecule has 0 aliphatic rings. The topological polar surface area (TPSA) is 67.2 Å². The van der Waals surface area contributed by atoms with E-state index in [1.165, 1.54) is 18.3 Å². The van der Waals surface area contributed by atoms with Crippen LogP contribution in [0, 0.1) is 0 Å². The molecule has 1 atom stereocenters. The molecular weight excluding hydrogens is 323 g/mol. The molecule has 0 saturated heterocycles. The minimum Gasteiger partial charge on any atom is -0.396 e. The number of hydrogen-bond acceptors (Lipinski definition) is 3. The number of aryl methyl sites for hydroxylation is 1. The van der Waals surface area contributed by atoms with Crippen molar-refractivity contribution < 1.29 is 23.1 Å².